The lowest BCUT2D eigenvalue weighted by atomic mass is 10.2. The smallest absolute Gasteiger partial charge is 0.338 e. The number of nitrogens with one attached hydrogen (secondary N) is 3. The monoisotopic (exact) mass is 507 g/mol. The van der Waals surface area contributed by atoms with E-state index in [9.17, 15) is 24.0 Å². The molecule has 0 aromatic heterocycles. The van der Waals surface area contributed by atoms with Gasteiger partial charge >= 0.3 is 11.9 Å². The summed E-state index contributed by atoms with van der Waals surface area (Å²) in [6.45, 7) is 1.97. The minimum atomic E-state index is -0.726. The normalized spacial score (nSPS) is 21.8. The molecule has 180 valence electrons. The van der Waals surface area contributed by atoms with Crippen LogP contribution in [0.2, 0.25) is 0 Å². The summed E-state index contributed by atoms with van der Waals surface area (Å²) in [6.07, 6.45) is -0.185. The second-order valence-corrected chi connectivity index (χ2v) is 9.20. The third-order valence-corrected chi connectivity index (χ3v) is 6.50. The highest BCUT2D eigenvalue weighted by molar-refractivity contribution is 8.15. The molecule has 1 aromatic rings. The van der Waals surface area contributed by atoms with Crippen LogP contribution in [-0.4, -0.2) is 64.2 Å². The molecule has 2 saturated heterocycles. The van der Waals surface area contributed by atoms with Gasteiger partial charge in [-0.2, -0.15) is 0 Å². The van der Waals surface area contributed by atoms with Crippen molar-refractivity contribution in [1.29, 1.82) is 0 Å². The molecule has 0 aliphatic carbocycles. The van der Waals surface area contributed by atoms with Crippen LogP contribution in [0.4, 0.5) is 10.5 Å². The molecule has 34 heavy (non-hydrogen) atoms. The van der Waals surface area contributed by atoms with Gasteiger partial charge in [0.15, 0.2) is 5.17 Å². The molecule has 0 unspecified atom stereocenters. The molecule has 2 fully saturated rings. The number of rotatable bonds is 8. The van der Waals surface area contributed by atoms with Crippen molar-refractivity contribution in [1.82, 2.24) is 10.6 Å². The van der Waals surface area contributed by atoms with Crippen LogP contribution in [-0.2, 0) is 23.9 Å². The van der Waals surface area contributed by atoms with Gasteiger partial charge in [0.25, 0.3) is 5.24 Å². The highest BCUT2D eigenvalue weighted by Gasteiger charge is 2.34. The third-order valence-electron chi connectivity index (χ3n) is 4.44. The second kappa shape index (κ2) is 11.7. The van der Waals surface area contributed by atoms with E-state index in [1.807, 2.05) is 0 Å². The molecule has 3 amide bonds. The number of hydrogen-bond acceptors (Lipinski definition) is 11. The average molecular weight is 508 g/mol. The van der Waals surface area contributed by atoms with Gasteiger partial charge in [0.2, 0.25) is 11.8 Å². The summed E-state index contributed by atoms with van der Waals surface area (Å²) in [5.74, 6) is -1.59. The van der Waals surface area contributed by atoms with Crippen molar-refractivity contribution in [3.63, 3.8) is 0 Å². The molecule has 3 rings (SSSR count). The number of anilines is 1. The fourth-order valence-corrected chi connectivity index (χ4v) is 4.61. The summed E-state index contributed by atoms with van der Waals surface area (Å²) in [4.78, 5) is 59.4. The number of carbonyl (C=O) groups excluding carboxylic acids is 5. The third kappa shape index (κ3) is 6.81. The Morgan fingerprint density at radius 3 is 2.44 bits per heavy atom. The van der Waals surface area contributed by atoms with Crippen molar-refractivity contribution in [2.75, 3.05) is 19.0 Å². The van der Waals surface area contributed by atoms with Gasteiger partial charge in [0, 0.05) is 12.1 Å². The molecule has 12 nitrogen and oxygen atoms in total. The van der Waals surface area contributed by atoms with Gasteiger partial charge in [0.1, 0.15) is 11.1 Å². The van der Waals surface area contributed by atoms with Gasteiger partial charge in [0.05, 0.1) is 31.0 Å². The summed E-state index contributed by atoms with van der Waals surface area (Å²) in [5, 5.41) is 14.1. The van der Waals surface area contributed by atoms with Crippen molar-refractivity contribution < 1.29 is 33.4 Å². The predicted molar refractivity (Wildman–Crippen MR) is 127 cm³/mol. The lowest BCUT2D eigenvalue weighted by Gasteiger charge is -2.08. The SMILES string of the molecule is CCOC(=O)c1ccc(NC(=O)C[C@H]2S/C(=N\N=C3/NC(=O)S[C@@H]3CC(=O)OC)NC2=O)cc1. The van der Waals surface area contributed by atoms with Crippen molar-refractivity contribution in [3.8, 4) is 0 Å². The van der Waals surface area contributed by atoms with Gasteiger partial charge in [-0.15, -0.1) is 10.2 Å². The van der Waals surface area contributed by atoms with Gasteiger partial charge in [-0.3, -0.25) is 19.2 Å². The standard InChI is InChI=1S/C20H21N5O7S2/c1-3-32-18(29)10-4-6-11(7-5-10)21-14(26)8-13-17(28)23-19(33-13)25-24-16-12(9-15(27)31-2)34-20(30)22-16/h4-7,12-13H,3,8-9H2,1-2H3,(H,21,26)(H,22,24,30)(H,23,25,28)/t12-,13-/m1/s1. The number of thioether (sulfide) groups is 2. The Labute approximate surface area is 202 Å². The predicted octanol–water partition coefficient (Wildman–Crippen LogP) is 1.48. The van der Waals surface area contributed by atoms with Crippen LogP contribution < -0.4 is 16.0 Å². The van der Waals surface area contributed by atoms with Gasteiger partial charge in [-0.05, 0) is 31.2 Å². The molecular formula is C20H21N5O7S2. The molecular weight excluding hydrogens is 486 g/mol. The molecule has 2 aliphatic heterocycles. The molecule has 3 N–H and O–H groups in total. The second-order valence-electron chi connectivity index (χ2n) is 6.84. The van der Waals surface area contributed by atoms with E-state index >= 15 is 0 Å². The summed E-state index contributed by atoms with van der Waals surface area (Å²) < 4.78 is 9.51. The molecule has 14 heteroatoms. The molecule has 0 radical (unpaired) electrons. The van der Waals surface area contributed by atoms with Gasteiger partial charge < -0.3 is 25.4 Å². The van der Waals surface area contributed by atoms with Crippen molar-refractivity contribution in [2.45, 2.75) is 30.3 Å². The summed E-state index contributed by atoms with van der Waals surface area (Å²) >= 11 is 1.91. The number of esters is 2. The molecule has 1 aromatic carbocycles. The van der Waals surface area contributed by atoms with E-state index in [0.717, 1.165) is 23.5 Å². The number of hydrogen-bond donors (Lipinski definition) is 3. The van der Waals surface area contributed by atoms with E-state index in [1.165, 1.54) is 19.2 Å². The molecule has 0 spiro atoms. The zero-order valence-electron chi connectivity index (χ0n) is 18.2. The molecule has 2 aliphatic rings. The maximum Gasteiger partial charge on any atom is 0.338 e. The van der Waals surface area contributed by atoms with Crippen molar-refractivity contribution in [2.24, 2.45) is 10.2 Å². The molecule has 2 heterocycles. The number of amidine groups is 2. The Morgan fingerprint density at radius 1 is 1.03 bits per heavy atom. The van der Waals surface area contributed by atoms with E-state index in [2.05, 4.69) is 30.9 Å². The lowest BCUT2D eigenvalue weighted by molar-refractivity contribution is -0.140. The first kappa shape index (κ1) is 25.2. The van der Waals surface area contributed by atoms with E-state index in [1.54, 1.807) is 19.1 Å². The molecule has 0 saturated carbocycles. The Balaban J connectivity index is 1.56. The van der Waals surface area contributed by atoms with Crippen LogP contribution in [0.1, 0.15) is 30.1 Å². The number of benzene rings is 1. The minimum absolute atomic E-state index is 0.0628. The van der Waals surface area contributed by atoms with E-state index in [4.69, 9.17) is 4.74 Å². The molecule has 2 atom stereocenters. The maximum absolute atomic E-state index is 12.4. The summed E-state index contributed by atoms with van der Waals surface area (Å²) in [7, 11) is 1.24. The van der Waals surface area contributed by atoms with Crippen LogP contribution in [0, 0.1) is 0 Å². The van der Waals surface area contributed by atoms with Crippen LogP contribution in [0.3, 0.4) is 0 Å². The Bertz CT molecular complexity index is 1060. The highest BCUT2D eigenvalue weighted by Crippen LogP contribution is 2.25. The Kier molecular flexibility index (Phi) is 8.65. The maximum atomic E-state index is 12.4. The highest BCUT2D eigenvalue weighted by atomic mass is 32.2. The largest absolute Gasteiger partial charge is 0.469 e. The van der Waals surface area contributed by atoms with Crippen LogP contribution in [0.15, 0.2) is 34.5 Å². The van der Waals surface area contributed by atoms with Crippen molar-refractivity contribution in [3.05, 3.63) is 29.8 Å². The first-order valence-electron chi connectivity index (χ1n) is 10.0. The number of ether oxygens (including phenoxy) is 2. The summed E-state index contributed by atoms with van der Waals surface area (Å²) in [6, 6.07) is 6.19. The van der Waals surface area contributed by atoms with E-state index < -0.39 is 34.3 Å². The zero-order valence-corrected chi connectivity index (χ0v) is 19.8. The lowest BCUT2D eigenvalue weighted by Crippen LogP contribution is -2.28. The first-order chi connectivity index (χ1) is 16.3. The topological polar surface area (TPSA) is 165 Å². The number of nitrogens with zero attached hydrogens (tertiary/aromatic N) is 2. The minimum Gasteiger partial charge on any atom is -0.469 e. The van der Waals surface area contributed by atoms with Crippen LogP contribution in [0.5, 0.6) is 0 Å². The quantitative estimate of drug-likeness (QED) is 0.349. The fraction of sp³-hybridized carbons (Fsp3) is 0.350. The number of methoxy groups -OCH3 is 1. The average Bonchev–Trinajstić information content (AvgIpc) is 3.33. The van der Waals surface area contributed by atoms with Crippen LogP contribution >= 0.6 is 23.5 Å². The Hall–Kier alpha value is -3.39. The van der Waals surface area contributed by atoms with Gasteiger partial charge in [-0.25, -0.2) is 4.79 Å². The zero-order chi connectivity index (χ0) is 24.7. The number of amides is 3. The van der Waals surface area contributed by atoms with E-state index in [0.29, 0.717) is 11.3 Å². The van der Waals surface area contributed by atoms with E-state index in [-0.39, 0.29) is 35.7 Å². The van der Waals surface area contributed by atoms with Crippen LogP contribution in [0.25, 0.3) is 0 Å². The fourth-order valence-electron chi connectivity index (χ4n) is 2.83. The number of carbonyl (C=O) groups is 5. The molecule has 0 bridgehead atoms. The van der Waals surface area contributed by atoms with Gasteiger partial charge in [-0.1, -0.05) is 23.5 Å². The summed E-state index contributed by atoms with van der Waals surface area (Å²) in [5.41, 5.74) is 0.826. The Morgan fingerprint density at radius 2 is 1.76 bits per heavy atom. The van der Waals surface area contributed by atoms with Crippen molar-refractivity contribution >= 4 is 69.2 Å². The first-order valence-corrected chi connectivity index (χ1v) is 11.8.